The van der Waals surface area contributed by atoms with E-state index in [1.54, 1.807) is 6.20 Å². The molecule has 28 heavy (non-hydrogen) atoms. The summed E-state index contributed by atoms with van der Waals surface area (Å²) >= 11 is 3.47. The summed E-state index contributed by atoms with van der Waals surface area (Å²) in [6.07, 6.45) is 2.30. The third-order valence-corrected chi connectivity index (χ3v) is 4.51. The first-order chi connectivity index (χ1) is 13.7. The lowest BCUT2D eigenvalue weighted by atomic mass is 10.2. The summed E-state index contributed by atoms with van der Waals surface area (Å²) in [4.78, 5) is 15.4. The molecule has 0 aliphatic carbocycles. The monoisotopic (exact) mass is 442 g/mol. The van der Waals surface area contributed by atoms with Gasteiger partial charge in [-0.3, -0.25) is 9.98 Å². The summed E-state index contributed by atoms with van der Waals surface area (Å²) < 4.78 is 6.36. The van der Waals surface area contributed by atoms with Crippen molar-refractivity contribution < 1.29 is 4.52 Å². The second-order valence-electron chi connectivity index (χ2n) is 6.20. The molecule has 2 aromatic heterocycles. The fourth-order valence-corrected chi connectivity index (χ4v) is 2.88. The van der Waals surface area contributed by atoms with Gasteiger partial charge in [0.05, 0.1) is 0 Å². The third kappa shape index (κ3) is 5.63. The minimum atomic E-state index is 0.429. The lowest BCUT2D eigenvalue weighted by molar-refractivity contribution is 0.421. The molecule has 7 nitrogen and oxygen atoms in total. The van der Waals surface area contributed by atoms with E-state index in [1.165, 1.54) is 5.56 Å². The van der Waals surface area contributed by atoms with Crippen LogP contribution in [0.3, 0.4) is 0 Å². The zero-order valence-electron chi connectivity index (χ0n) is 16.0. The van der Waals surface area contributed by atoms with Crippen molar-refractivity contribution in [2.75, 3.05) is 20.1 Å². The van der Waals surface area contributed by atoms with Crippen LogP contribution in [0.2, 0.25) is 0 Å². The van der Waals surface area contributed by atoms with Crippen LogP contribution < -0.4 is 5.32 Å². The molecule has 0 aliphatic rings. The van der Waals surface area contributed by atoms with E-state index in [9.17, 15) is 0 Å². The Morgan fingerprint density at radius 2 is 2.04 bits per heavy atom. The molecule has 0 spiro atoms. The van der Waals surface area contributed by atoms with Gasteiger partial charge in [0.1, 0.15) is 5.69 Å². The van der Waals surface area contributed by atoms with Crippen LogP contribution in [0.15, 0.2) is 62.6 Å². The van der Waals surface area contributed by atoms with Crippen LogP contribution >= 0.6 is 15.9 Å². The number of nitrogens with zero attached hydrogens (tertiary/aromatic N) is 5. The lowest BCUT2D eigenvalue weighted by Gasteiger charge is -2.22. The highest BCUT2D eigenvalue weighted by atomic mass is 79.9. The van der Waals surface area contributed by atoms with Crippen LogP contribution in [-0.4, -0.2) is 46.1 Å². The van der Waals surface area contributed by atoms with Gasteiger partial charge in [-0.05, 0) is 36.8 Å². The summed E-state index contributed by atoms with van der Waals surface area (Å²) in [5, 5.41) is 7.35. The molecule has 0 saturated carbocycles. The number of halogens is 1. The summed E-state index contributed by atoms with van der Waals surface area (Å²) in [6.45, 7) is 4.19. The molecule has 0 unspecified atom stereocenters. The Bertz CT molecular complexity index is 895. The number of hydrogen-bond acceptors (Lipinski definition) is 5. The van der Waals surface area contributed by atoms with Gasteiger partial charge < -0.3 is 14.7 Å². The number of rotatable bonds is 7. The summed E-state index contributed by atoms with van der Waals surface area (Å²) in [6, 6.07) is 13.9. The molecule has 0 saturated heterocycles. The number of guanidine groups is 1. The minimum absolute atomic E-state index is 0.429. The highest BCUT2D eigenvalue weighted by Crippen LogP contribution is 2.14. The van der Waals surface area contributed by atoms with E-state index in [0.717, 1.165) is 23.5 Å². The Kier molecular flexibility index (Phi) is 7.13. The first kappa shape index (κ1) is 20.0. The molecule has 8 heteroatoms. The topological polar surface area (TPSA) is 79.4 Å². The predicted molar refractivity (Wildman–Crippen MR) is 113 cm³/mol. The van der Waals surface area contributed by atoms with Crippen LogP contribution in [0.5, 0.6) is 0 Å². The molecule has 1 N–H and O–H groups in total. The summed E-state index contributed by atoms with van der Waals surface area (Å²) in [5.74, 6) is 1.90. The number of hydrogen-bond donors (Lipinski definition) is 1. The smallest absolute Gasteiger partial charge is 0.276 e. The minimum Gasteiger partial charge on any atom is -0.357 e. The molecule has 3 aromatic rings. The average molecular weight is 443 g/mol. The van der Waals surface area contributed by atoms with Gasteiger partial charge in [0, 0.05) is 43.8 Å². The molecule has 1 aromatic carbocycles. The Hall–Kier alpha value is -2.74. The second kappa shape index (κ2) is 9.98. The first-order valence-electron chi connectivity index (χ1n) is 9.13. The van der Waals surface area contributed by atoms with Gasteiger partial charge in [0.2, 0.25) is 0 Å². The molecule has 3 rings (SSSR count). The molecular weight excluding hydrogens is 420 g/mol. The SMILES string of the molecule is CCNC(=NCCc1noc(-c2ccccn2)n1)N(C)Cc1ccc(Br)cc1. The Labute approximate surface area is 173 Å². The fraction of sp³-hybridized carbons (Fsp3) is 0.300. The first-order valence-corrected chi connectivity index (χ1v) is 9.93. The van der Waals surface area contributed by atoms with E-state index < -0.39 is 0 Å². The molecule has 0 fully saturated rings. The summed E-state index contributed by atoms with van der Waals surface area (Å²) in [7, 11) is 2.02. The number of nitrogens with one attached hydrogen (secondary N) is 1. The highest BCUT2D eigenvalue weighted by Gasteiger charge is 2.10. The maximum absolute atomic E-state index is 5.29. The van der Waals surface area contributed by atoms with Crippen molar-refractivity contribution in [1.82, 2.24) is 25.3 Å². The standard InChI is InChI=1S/C20H23BrN6O/c1-3-22-20(27(2)14-15-7-9-16(21)10-8-15)24-13-11-18-25-19(28-26-18)17-6-4-5-12-23-17/h4-10,12H,3,11,13-14H2,1-2H3,(H,22,24). The Morgan fingerprint density at radius 3 is 2.75 bits per heavy atom. The molecule has 2 heterocycles. The van der Waals surface area contributed by atoms with Crippen LogP contribution in [0.4, 0.5) is 0 Å². The molecule has 0 atom stereocenters. The molecule has 0 amide bonds. The lowest BCUT2D eigenvalue weighted by Crippen LogP contribution is -2.38. The van der Waals surface area contributed by atoms with Crippen LogP contribution in [0, 0.1) is 0 Å². The molecular formula is C20H23BrN6O. The van der Waals surface area contributed by atoms with Gasteiger partial charge >= 0.3 is 0 Å². The molecule has 0 aliphatic heterocycles. The van der Waals surface area contributed by atoms with E-state index in [2.05, 4.69) is 65.3 Å². The van der Waals surface area contributed by atoms with E-state index in [0.29, 0.717) is 30.4 Å². The average Bonchev–Trinajstić information content (AvgIpc) is 3.19. The van der Waals surface area contributed by atoms with Crippen LogP contribution in [0.25, 0.3) is 11.6 Å². The quantitative estimate of drug-likeness (QED) is 0.445. The number of aromatic nitrogens is 3. The Balaban J connectivity index is 1.59. The van der Waals surface area contributed by atoms with Crippen molar-refractivity contribution in [3.63, 3.8) is 0 Å². The van der Waals surface area contributed by atoms with Crippen molar-refractivity contribution in [1.29, 1.82) is 0 Å². The number of aliphatic imine (C=N–C) groups is 1. The van der Waals surface area contributed by atoms with E-state index in [1.807, 2.05) is 37.4 Å². The van der Waals surface area contributed by atoms with Gasteiger partial charge in [-0.1, -0.05) is 39.3 Å². The van der Waals surface area contributed by atoms with Crippen molar-refractivity contribution in [2.45, 2.75) is 19.9 Å². The van der Waals surface area contributed by atoms with Crippen molar-refractivity contribution >= 4 is 21.9 Å². The number of benzene rings is 1. The molecule has 146 valence electrons. The van der Waals surface area contributed by atoms with Crippen molar-refractivity contribution in [2.24, 2.45) is 4.99 Å². The fourth-order valence-electron chi connectivity index (χ4n) is 2.62. The van der Waals surface area contributed by atoms with Gasteiger partial charge in [-0.25, -0.2) is 0 Å². The predicted octanol–water partition coefficient (Wildman–Crippen LogP) is 3.53. The highest BCUT2D eigenvalue weighted by molar-refractivity contribution is 9.10. The summed E-state index contributed by atoms with van der Waals surface area (Å²) in [5.41, 5.74) is 1.89. The normalized spacial score (nSPS) is 11.5. The number of pyridine rings is 1. The zero-order valence-corrected chi connectivity index (χ0v) is 17.6. The van der Waals surface area contributed by atoms with Crippen molar-refractivity contribution in [3.8, 4) is 11.6 Å². The van der Waals surface area contributed by atoms with E-state index in [-0.39, 0.29) is 0 Å². The van der Waals surface area contributed by atoms with Gasteiger partial charge in [-0.2, -0.15) is 4.98 Å². The maximum atomic E-state index is 5.29. The van der Waals surface area contributed by atoms with Gasteiger partial charge in [0.25, 0.3) is 5.89 Å². The molecule has 0 bridgehead atoms. The second-order valence-corrected chi connectivity index (χ2v) is 7.11. The molecule has 0 radical (unpaired) electrons. The third-order valence-electron chi connectivity index (χ3n) is 3.98. The maximum Gasteiger partial charge on any atom is 0.276 e. The van der Waals surface area contributed by atoms with Crippen LogP contribution in [-0.2, 0) is 13.0 Å². The Morgan fingerprint density at radius 1 is 1.21 bits per heavy atom. The van der Waals surface area contributed by atoms with Crippen molar-refractivity contribution in [3.05, 3.63) is 64.5 Å². The van der Waals surface area contributed by atoms with Crippen LogP contribution in [0.1, 0.15) is 18.3 Å². The zero-order chi connectivity index (χ0) is 19.8. The van der Waals surface area contributed by atoms with E-state index >= 15 is 0 Å². The van der Waals surface area contributed by atoms with E-state index in [4.69, 9.17) is 4.52 Å². The largest absolute Gasteiger partial charge is 0.357 e. The van der Waals surface area contributed by atoms with Gasteiger partial charge in [-0.15, -0.1) is 0 Å². The van der Waals surface area contributed by atoms with Gasteiger partial charge in [0.15, 0.2) is 11.8 Å².